The number of thioether (sulfide) groups is 1. The molecule has 0 aliphatic carbocycles. The van der Waals surface area contributed by atoms with E-state index in [2.05, 4.69) is 52.6 Å². The number of nitrogens with zero attached hydrogens (tertiary/aromatic N) is 1. The molecule has 4 aromatic rings. The minimum Gasteiger partial charge on any atom is -0.354 e. The van der Waals surface area contributed by atoms with Gasteiger partial charge in [-0.05, 0) is 59.8 Å². The molecule has 4 heteroatoms. The SMILES string of the molecule is CSc1ccc(-c2cc(-c3ccncc3)c(-c3cccc(Cl)c3)[nH]2)cc1. The number of rotatable bonds is 4. The summed E-state index contributed by atoms with van der Waals surface area (Å²) in [6.45, 7) is 0. The van der Waals surface area contributed by atoms with Gasteiger partial charge in [-0.25, -0.2) is 0 Å². The number of nitrogens with one attached hydrogen (secondary N) is 1. The fourth-order valence-corrected chi connectivity index (χ4v) is 3.61. The highest BCUT2D eigenvalue weighted by atomic mass is 35.5. The molecule has 0 bridgehead atoms. The van der Waals surface area contributed by atoms with Gasteiger partial charge in [0, 0.05) is 39.1 Å². The van der Waals surface area contributed by atoms with Crippen molar-refractivity contribution in [2.24, 2.45) is 0 Å². The van der Waals surface area contributed by atoms with Gasteiger partial charge in [-0.15, -0.1) is 11.8 Å². The summed E-state index contributed by atoms with van der Waals surface area (Å²) in [5.41, 5.74) is 6.63. The van der Waals surface area contributed by atoms with E-state index in [1.165, 1.54) is 4.90 Å². The van der Waals surface area contributed by atoms with E-state index < -0.39 is 0 Å². The number of halogens is 1. The molecule has 2 aromatic carbocycles. The van der Waals surface area contributed by atoms with Gasteiger partial charge >= 0.3 is 0 Å². The lowest BCUT2D eigenvalue weighted by Gasteiger charge is -2.05. The quantitative estimate of drug-likeness (QED) is 0.397. The summed E-state index contributed by atoms with van der Waals surface area (Å²) in [7, 11) is 0. The lowest BCUT2D eigenvalue weighted by molar-refractivity contribution is 1.33. The van der Waals surface area contributed by atoms with Crippen LogP contribution in [0.1, 0.15) is 0 Å². The Balaban J connectivity index is 1.87. The van der Waals surface area contributed by atoms with Gasteiger partial charge < -0.3 is 4.98 Å². The first kappa shape index (κ1) is 17.0. The van der Waals surface area contributed by atoms with E-state index in [0.717, 1.165) is 38.7 Å². The average molecular weight is 377 g/mol. The molecule has 2 heterocycles. The third kappa shape index (κ3) is 3.41. The summed E-state index contributed by atoms with van der Waals surface area (Å²) >= 11 is 7.97. The maximum absolute atomic E-state index is 6.22. The van der Waals surface area contributed by atoms with E-state index in [4.69, 9.17) is 11.6 Å². The van der Waals surface area contributed by atoms with Gasteiger partial charge in [0.05, 0.1) is 5.69 Å². The highest BCUT2D eigenvalue weighted by Gasteiger charge is 2.13. The first-order valence-corrected chi connectivity index (χ1v) is 9.88. The first-order valence-electron chi connectivity index (χ1n) is 8.28. The van der Waals surface area contributed by atoms with Crippen LogP contribution in [0.15, 0.2) is 84.0 Å². The number of H-pyrrole nitrogens is 1. The molecule has 2 nitrogen and oxygen atoms in total. The Labute approximate surface area is 162 Å². The van der Waals surface area contributed by atoms with Crippen LogP contribution in [0.5, 0.6) is 0 Å². The van der Waals surface area contributed by atoms with Crippen molar-refractivity contribution in [3.8, 4) is 33.6 Å². The third-order valence-corrected chi connectivity index (χ3v) is 5.30. The smallest absolute Gasteiger partial charge is 0.0538 e. The second-order valence-electron chi connectivity index (χ2n) is 5.95. The molecule has 0 amide bonds. The van der Waals surface area contributed by atoms with Gasteiger partial charge in [0.2, 0.25) is 0 Å². The highest BCUT2D eigenvalue weighted by Crippen LogP contribution is 2.36. The summed E-state index contributed by atoms with van der Waals surface area (Å²) < 4.78 is 0. The predicted octanol–water partition coefficient (Wildman–Crippen LogP) is 6.79. The third-order valence-electron chi connectivity index (χ3n) is 4.32. The lowest BCUT2D eigenvalue weighted by atomic mass is 10.0. The lowest BCUT2D eigenvalue weighted by Crippen LogP contribution is -1.83. The van der Waals surface area contributed by atoms with Crippen LogP contribution < -0.4 is 0 Å². The largest absolute Gasteiger partial charge is 0.354 e. The molecule has 0 radical (unpaired) electrons. The van der Waals surface area contributed by atoms with Crippen molar-refractivity contribution in [3.05, 3.63) is 84.1 Å². The standard InChI is InChI=1S/C22H17ClN2S/c1-26-19-7-5-16(6-8-19)21-14-20(15-9-11-24-12-10-15)22(25-21)17-3-2-4-18(23)13-17/h2-14,25H,1H3. The van der Waals surface area contributed by atoms with E-state index in [-0.39, 0.29) is 0 Å². The maximum atomic E-state index is 6.22. The van der Waals surface area contributed by atoms with Crippen LogP contribution in [0.25, 0.3) is 33.6 Å². The molecule has 26 heavy (non-hydrogen) atoms. The minimum absolute atomic E-state index is 0.726. The van der Waals surface area contributed by atoms with Crippen molar-refractivity contribution >= 4 is 23.4 Å². The predicted molar refractivity (Wildman–Crippen MR) is 112 cm³/mol. The van der Waals surface area contributed by atoms with Gasteiger partial charge in [-0.3, -0.25) is 4.98 Å². The van der Waals surface area contributed by atoms with Crippen LogP contribution in [0.4, 0.5) is 0 Å². The molecule has 0 saturated carbocycles. The summed E-state index contributed by atoms with van der Waals surface area (Å²) in [4.78, 5) is 8.98. The van der Waals surface area contributed by atoms with E-state index >= 15 is 0 Å². The van der Waals surface area contributed by atoms with Crippen LogP contribution in [0, 0.1) is 0 Å². The molecular weight excluding hydrogens is 360 g/mol. The number of benzene rings is 2. The molecule has 0 aliphatic heterocycles. The molecule has 0 atom stereocenters. The van der Waals surface area contributed by atoms with E-state index in [1.54, 1.807) is 11.8 Å². The Morgan fingerprint density at radius 3 is 2.31 bits per heavy atom. The van der Waals surface area contributed by atoms with E-state index in [9.17, 15) is 0 Å². The Kier molecular flexibility index (Phi) is 4.83. The van der Waals surface area contributed by atoms with Crippen LogP contribution in [0.2, 0.25) is 5.02 Å². The Bertz CT molecular complexity index is 1020. The zero-order chi connectivity index (χ0) is 17.9. The Morgan fingerprint density at radius 1 is 0.846 bits per heavy atom. The van der Waals surface area contributed by atoms with Crippen LogP contribution in [0.3, 0.4) is 0 Å². The molecule has 0 unspecified atom stereocenters. The second-order valence-corrected chi connectivity index (χ2v) is 7.26. The zero-order valence-electron chi connectivity index (χ0n) is 14.2. The van der Waals surface area contributed by atoms with Crippen LogP contribution in [-0.2, 0) is 0 Å². The summed E-state index contributed by atoms with van der Waals surface area (Å²) in [6.07, 6.45) is 5.72. The van der Waals surface area contributed by atoms with Gasteiger partial charge in [0.25, 0.3) is 0 Å². The molecule has 0 fully saturated rings. The number of pyridine rings is 1. The van der Waals surface area contributed by atoms with Crippen LogP contribution >= 0.6 is 23.4 Å². The number of hydrogen-bond acceptors (Lipinski definition) is 2. The topological polar surface area (TPSA) is 28.7 Å². The minimum atomic E-state index is 0.726. The first-order chi connectivity index (χ1) is 12.7. The summed E-state index contributed by atoms with van der Waals surface area (Å²) in [6, 6.07) is 22.8. The molecule has 4 rings (SSSR count). The van der Waals surface area contributed by atoms with E-state index in [0.29, 0.717) is 0 Å². The fourth-order valence-electron chi connectivity index (χ4n) is 3.01. The number of aromatic nitrogens is 2. The number of aromatic amines is 1. The highest BCUT2D eigenvalue weighted by molar-refractivity contribution is 7.98. The molecule has 0 spiro atoms. The van der Waals surface area contributed by atoms with Gasteiger partial charge in [0.1, 0.15) is 0 Å². The van der Waals surface area contributed by atoms with Gasteiger partial charge in [0.15, 0.2) is 0 Å². The fraction of sp³-hybridized carbons (Fsp3) is 0.0455. The Morgan fingerprint density at radius 2 is 1.62 bits per heavy atom. The molecule has 0 saturated heterocycles. The summed E-state index contributed by atoms with van der Waals surface area (Å²) in [5, 5.41) is 0.726. The molecule has 128 valence electrons. The molecule has 0 aliphatic rings. The van der Waals surface area contributed by atoms with Crippen molar-refractivity contribution in [2.45, 2.75) is 4.90 Å². The monoisotopic (exact) mass is 376 g/mol. The van der Waals surface area contributed by atoms with Crippen molar-refractivity contribution < 1.29 is 0 Å². The second kappa shape index (κ2) is 7.40. The molecular formula is C22H17ClN2S. The molecule has 2 aromatic heterocycles. The number of hydrogen-bond donors (Lipinski definition) is 1. The van der Waals surface area contributed by atoms with Gasteiger partial charge in [-0.1, -0.05) is 35.9 Å². The van der Waals surface area contributed by atoms with Crippen LogP contribution in [-0.4, -0.2) is 16.2 Å². The molecule has 1 N–H and O–H groups in total. The van der Waals surface area contributed by atoms with Gasteiger partial charge in [-0.2, -0.15) is 0 Å². The van der Waals surface area contributed by atoms with Crippen molar-refractivity contribution in [1.29, 1.82) is 0 Å². The normalized spacial score (nSPS) is 10.8. The van der Waals surface area contributed by atoms with Crippen molar-refractivity contribution in [3.63, 3.8) is 0 Å². The van der Waals surface area contributed by atoms with Crippen molar-refractivity contribution in [1.82, 2.24) is 9.97 Å². The van der Waals surface area contributed by atoms with Crippen molar-refractivity contribution in [2.75, 3.05) is 6.26 Å². The summed E-state index contributed by atoms with van der Waals surface area (Å²) in [5.74, 6) is 0. The maximum Gasteiger partial charge on any atom is 0.0538 e. The van der Waals surface area contributed by atoms with E-state index in [1.807, 2.05) is 42.7 Å². The average Bonchev–Trinajstić information content (AvgIpc) is 3.14. The zero-order valence-corrected chi connectivity index (χ0v) is 15.8. The Hall–Kier alpha value is -2.49.